The number of anilines is 1. The first-order valence-corrected chi connectivity index (χ1v) is 15.8. The number of aromatic nitrogens is 2. The summed E-state index contributed by atoms with van der Waals surface area (Å²) in [6.07, 6.45) is 1.51. The van der Waals surface area contributed by atoms with Crippen molar-refractivity contribution in [3.8, 4) is 17.4 Å². The first-order valence-electron chi connectivity index (χ1n) is 15.0. The van der Waals surface area contributed by atoms with Crippen LogP contribution >= 0.6 is 23.2 Å². The SMILES string of the molecule is CCOc1cccc(CN2CCN(C(=O)c3cc4cc(Oc5ccc(NC(=O)c6ccc(Cl)c(Cl)c6)cn5)ccc4n3C)CC2)c1. The monoisotopic (exact) mass is 657 g/mol. The van der Waals surface area contributed by atoms with E-state index < -0.39 is 0 Å². The molecule has 6 rings (SSSR count). The van der Waals surface area contributed by atoms with Gasteiger partial charge < -0.3 is 24.3 Å². The number of nitrogens with one attached hydrogen (secondary N) is 1. The number of carbonyl (C=O) groups excluding carboxylic acids is 2. The third kappa shape index (κ3) is 7.12. The number of halogens is 2. The second-order valence-electron chi connectivity index (χ2n) is 11.0. The van der Waals surface area contributed by atoms with Crippen molar-refractivity contribution in [1.82, 2.24) is 19.4 Å². The van der Waals surface area contributed by atoms with E-state index in [0.717, 1.165) is 36.3 Å². The van der Waals surface area contributed by atoms with E-state index >= 15 is 0 Å². The molecule has 0 atom stereocenters. The highest BCUT2D eigenvalue weighted by atomic mass is 35.5. The van der Waals surface area contributed by atoms with Crippen molar-refractivity contribution >= 4 is 51.6 Å². The van der Waals surface area contributed by atoms with E-state index in [-0.39, 0.29) is 11.8 Å². The average Bonchev–Trinajstić information content (AvgIpc) is 3.39. The lowest BCUT2D eigenvalue weighted by molar-refractivity contribution is 0.0619. The molecule has 1 N–H and O–H groups in total. The standard InChI is InChI=1S/C35H33Cl2N5O4/c1-3-45-27-6-4-5-23(17-27)22-41-13-15-42(16-14-41)35(44)32-20-25-18-28(9-11-31(25)40(32)2)46-33-12-8-26(21-38-33)39-34(43)24-7-10-29(36)30(37)19-24/h4-12,17-21H,3,13-16,22H2,1-2H3,(H,39,43). The van der Waals surface area contributed by atoms with Crippen LogP contribution in [0.25, 0.3) is 10.9 Å². The summed E-state index contributed by atoms with van der Waals surface area (Å²) in [5, 5.41) is 4.35. The second-order valence-corrected chi connectivity index (χ2v) is 11.8. The van der Waals surface area contributed by atoms with Crippen LogP contribution in [-0.4, -0.2) is 64.0 Å². The Balaban J connectivity index is 1.06. The van der Waals surface area contributed by atoms with Gasteiger partial charge in [-0.3, -0.25) is 14.5 Å². The molecule has 1 saturated heterocycles. The molecule has 0 saturated carbocycles. The molecule has 0 aliphatic carbocycles. The zero-order valence-corrected chi connectivity index (χ0v) is 27.0. The Morgan fingerprint density at radius 3 is 2.46 bits per heavy atom. The molecule has 11 heteroatoms. The number of hydrogen-bond acceptors (Lipinski definition) is 6. The number of rotatable bonds is 9. The zero-order valence-electron chi connectivity index (χ0n) is 25.5. The van der Waals surface area contributed by atoms with E-state index in [9.17, 15) is 9.59 Å². The van der Waals surface area contributed by atoms with E-state index in [4.69, 9.17) is 32.7 Å². The predicted molar refractivity (Wildman–Crippen MR) is 180 cm³/mol. The summed E-state index contributed by atoms with van der Waals surface area (Å²) in [4.78, 5) is 34.7. The van der Waals surface area contributed by atoms with E-state index in [1.165, 1.54) is 17.8 Å². The van der Waals surface area contributed by atoms with Crippen molar-refractivity contribution in [2.75, 3.05) is 38.1 Å². The van der Waals surface area contributed by atoms with E-state index in [0.29, 0.717) is 58.3 Å². The average molecular weight is 659 g/mol. The van der Waals surface area contributed by atoms with Crippen molar-refractivity contribution in [3.05, 3.63) is 112 Å². The van der Waals surface area contributed by atoms with Crippen LogP contribution in [0.3, 0.4) is 0 Å². The highest BCUT2D eigenvalue weighted by Gasteiger charge is 2.25. The molecule has 0 radical (unpaired) electrons. The summed E-state index contributed by atoms with van der Waals surface area (Å²) < 4.78 is 13.6. The Morgan fingerprint density at radius 1 is 0.891 bits per heavy atom. The van der Waals surface area contributed by atoms with Crippen LogP contribution in [-0.2, 0) is 13.6 Å². The Bertz CT molecular complexity index is 1880. The number of amides is 2. The fourth-order valence-corrected chi connectivity index (χ4v) is 5.80. The minimum Gasteiger partial charge on any atom is -0.494 e. The first-order chi connectivity index (χ1) is 22.3. The number of benzene rings is 3. The molecule has 5 aromatic rings. The lowest BCUT2D eigenvalue weighted by Crippen LogP contribution is -2.48. The fourth-order valence-electron chi connectivity index (χ4n) is 5.50. The molecule has 2 amide bonds. The van der Waals surface area contributed by atoms with Crippen LogP contribution in [0.5, 0.6) is 17.4 Å². The van der Waals surface area contributed by atoms with Gasteiger partial charge in [0.05, 0.1) is 28.5 Å². The molecule has 46 heavy (non-hydrogen) atoms. The van der Waals surface area contributed by atoms with Gasteiger partial charge >= 0.3 is 0 Å². The summed E-state index contributed by atoms with van der Waals surface area (Å²) in [5.74, 6) is 1.51. The lowest BCUT2D eigenvalue weighted by atomic mass is 10.2. The van der Waals surface area contributed by atoms with Crippen LogP contribution in [0, 0.1) is 0 Å². The van der Waals surface area contributed by atoms with E-state index in [2.05, 4.69) is 27.3 Å². The molecular formula is C35H33Cl2N5O4. The first kappa shape index (κ1) is 31.4. The highest BCUT2D eigenvalue weighted by molar-refractivity contribution is 6.42. The normalized spacial score (nSPS) is 13.5. The highest BCUT2D eigenvalue weighted by Crippen LogP contribution is 2.28. The quantitative estimate of drug-likeness (QED) is 0.179. The molecular weight excluding hydrogens is 625 g/mol. The Morgan fingerprint density at radius 2 is 1.72 bits per heavy atom. The predicted octanol–water partition coefficient (Wildman–Crippen LogP) is 7.28. The molecule has 2 aromatic heterocycles. The maximum Gasteiger partial charge on any atom is 0.270 e. The van der Waals surface area contributed by atoms with Gasteiger partial charge in [0.1, 0.15) is 17.2 Å². The van der Waals surface area contributed by atoms with Gasteiger partial charge in [0.25, 0.3) is 11.8 Å². The molecule has 9 nitrogen and oxygen atoms in total. The topological polar surface area (TPSA) is 88.9 Å². The molecule has 0 bridgehead atoms. The Hall–Kier alpha value is -4.57. The van der Waals surface area contributed by atoms with Crippen LogP contribution < -0.4 is 14.8 Å². The van der Waals surface area contributed by atoms with Gasteiger partial charge in [-0.25, -0.2) is 4.98 Å². The summed E-state index contributed by atoms with van der Waals surface area (Å²) in [6, 6.07) is 23.8. The van der Waals surface area contributed by atoms with Crippen LogP contribution in [0.1, 0.15) is 33.3 Å². The molecule has 1 aliphatic heterocycles. The molecule has 1 aliphatic rings. The number of hydrogen-bond donors (Lipinski definition) is 1. The largest absolute Gasteiger partial charge is 0.494 e. The number of fused-ring (bicyclic) bond motifs is 1. The lowest BCUT2D eigenvalue weighted by Gasteiger charge is -2.34. The van der Waals surface area contributed by atoms with E-state index in [1.807, 2.05) is 59.8 Å². The number of nitrogens with zero attached hydrogens (tertiary/aromatic N) is 4. The Kier molecular flexibility index (Phi) is 9.44. The summed E-state index contributed by atoms with van der Waals surface area (Å²) in [7, 11) is 1.91. The summed E-state index contributed by atoms with van der Waals surface area (Å²) in [5.41, 5.74) is 3.64. The number of aryl methyl sites for hydroxylation is 1. The summed E-state index contributed by atoms with van der Waals surface area (Å²) >= 11 is 12.0. The van der Waals surface area contributed by atoms with Gasteiger partial charge in [0.2, 0.25) is 5.88 Å². The third-order valence-corrected chi connectivity index (χ3v) is 8.65. The van der Waals surface area contributed by atoms with Crippen LogP contribution in [0.2, 0.25) is 10.0 Å². The fraction of sp³-hybridized carbons (Fsp3) is 0.229. The smallest absolute Gasteiger partial charge is 0.270 e. The number of piperazine rings is 1. The third-order valence-electron chi connectivity index (χ3n) is 7.91. The van der Waals surface area contributed by atoms with Gasteiger partial charge in [-0.15, -0.1) is 0 Å². The van der Waals surface area contributed by atoms with Gasteiger partial charge in [0.15, 0.2) is 0 Å². The van der Waals surface area contributed by atoms with Crippen LogP contribution in [0.15, 0.2) is 85.1 Å². The molecule has 3 aromatic carbocycles. The number of pyridine rings is 1. The van der Waals surface area contributed by atoms with Crippen molar-refractivity contribution in [2.45, 2.75) is 13.5 Å². The number of ether oxygens (including phenoxy) is 2. The molecule has 0 unspecified atom stereocenters. The number of carbonyl (C=O) groups is 2. The van der Waals surface area contributed by atoms with Crippen molar-refractivity contribution in [1.29, 1.82) is 0 Å². The summed E-state index contributed by atoms with van der Waals surface area (Å²) in [6.45, 7) is 6.38. The van der Waals surface area contributed by atoms with Gasteiger partial charge in [-0.05, 0) is 73.2 Å². The maximum atomic E-state index is 13.6. The maximum absolute atomic E-state index is 13.6. The van der Waals surface area contributed by atoms with Crippen LogP contribution in [0.4, 0.5) is 5.69 Å². The molecule has 0 spiro atoms. The van der Waals surface area contributed by atoms with Crippen molar-refractivity contribution in [2.24, 2.45) is 7.05 Å². The van der Waals surface area contributed by atoms with Gasteiger partial charge in [-0.1, -0.05) is 35.3 Å². The van der Waals surface area contributed by atoms with Gasteiger partial charge in [0, 0.05) is 62.3 Å². The Labute approximate surface area is 277 Å². The molecule has 1 fully saturated rings. The van der Waals surface area contributed by atoms with Gasteiger partial charge in [-0.2, -0.15) is 0 Å². The van der Waals surface area contributed by atoms with Crippen molar-refractivity contribution < 1.29 is 19.1 Å². The van der Waals surface area contributed by atoms with E-state index in [1.54, 1.807) is 24.3 Å². The second kappa shape index (κ2) is 13.8. The molecule has 3 heterocycles. The minimum atomic E-state index is -0.334. The van der Waals surface area contributed by atoms with Crippen molar-refractivity contribution in [3.63, 3.8) is 0 Å². The minimum absolute atomic E-state index is 0.0133. The zero-order chi connectivity index (χ0) is 32.2. The molecule has 236 valence electrons.